The first-order valence-electron chi connectivity index (χ1n) is 6.35. The van der Waals surface area contributed by atoms with Crippen molar-refractivity contribution < 1.29 is 9.66 Å². The molecule has 1 N–H and O–H groups in total. The smallest absolute Gasteiger partial charge is 0.292 e. The zero-order valence-corrected chi connectivity index (χ0v) is 11.7. The van der Waals surface area contributed by atoms with Crippen molar-refractivity contribution in [3.05, 3.63) is 33.9 Å². The summed E-state index contributed by atoms with van der Waals surface area (Å²) in [5.74, 6) is 1.71. The lowest BCUT2D eigenvalue weighted by Gasteiger charge is -2.11. The number of nitro benzene ring substituents is 1. The Balaban J connectivity index is 1.98. The van der Waals surface area contributed by atoms with E-state index >= 15 is 0 Å². The molecule has 0 saturated carbocycles. The van der Waals surface area contributed by atoms with Gasteiger partial charge in [0.1, 0.15) is 5.69 Å². The Morgan fingerprint density at radius 3 is 3.05 bits per heavy atom. The van der Waals surface area contributed by atoms with Crippen molar-refractivity contribution in [2.45, 2.75) is 24.7 Å². The molecule has 1 atom stereocenters. The standard InChI is InChI=1S/C13H18N2O3S/c1-14-13-10(4-2-6-12(13)15(16)17)8-19-9-11-5-3-7-18-11/h2,4,6,11,14H,3,5,7-9H2,1H3. The van der Waals surface area contributed by atoms with Gasteiger partial charge in [-0.05, 0) is 18.4 Å². The number of ether oxygens (including phenoxy) is 1. The minimum atomic E-state index is -0.347. The second kappa shape index (κ2) is 6.77. The van der Waals surface area contributed by atoms with Crippen molar-refractivity contribution in [1.29, 1.82) is 0 Å². The normalized spacial score (nSPS) is 18.5. The fourth-order valence-corrected chi connectivity index (χ4v) is 3.33. The van der Waals surface area contributed by atoms with Crippen LogP contribution in [0.3, 0.4) is 0 Å². The maximum Gasteiger partial charge on any atom is 0.292 e. The van der Waals surface area contributed by atoms with Gasteiger partial charge in [0.15, 0.2) is 0 Å². The zero-order valence-electron chi connectivity index (χ0n) is 10.9. The molecule has 1 aliphatic heterocycles. The highest BCUT2D eigenvalue weighted by Gasteiger charge is 2.18. The maximum atomic E-state index is 11.0. The number of anilines is 1. The van der Waals surface area contributed by atoms with E-state index in [-0.39, 0.29) is 10.6 Å². The Hall–Kier alpha value is -1.27. The molecule has 2 rings (SSSR count). The molecular weight excluding hydrogens is 264 g/mol. The summed E-state index contributed by atoms with van der Waals surface area (Å²) in [5, 5.41) is 13.9. The van der Waals surface area contributed by atoms with E-state index in [4.69, 9.17) is 4.74 Å². The van der Waals surface area contributed by atoms with Crippen molar-refractivity contribution in [2.75, 3.05) is 24.7 Å². The molecule has 1 aromatic carbocycles. The Morgan fingerprint density at radius 2 is 2.42 bits per heavy atom. The molecule has 0 spiro atoms. The number of rotatable bonds is 6. The highest BCUT2D eigenvalue weighted by Crippen LogP contribution is 2.31. The molecule has 1 unspecified atom stereocenters. The first kappa shape index (κ1) is 14.1. The Morgan fingerprint density at radius 1 is 1.58 bits per heavy atom. The van der Waals surface area contributed by atoms with Crippen LogP contribution in [0.4, 0.5) is 11.4 Å². The molecule has 6 heteroatoms. The summed E-state index contributed by atoms with van der Waals surface area (Å²) in [5.41, 5.74) is 1.73. The molecular formula is C13H18N2O3S. The largest absolute Gasteiger partial charge is 0.382 e. The van der Waals surface area contributed by atoms with Crippen LogP contribution in [-0.4, -0.2) is 30.4 Å². The lowest BCUT2D eigenvalue weighted by atomic mass is 10.1. The Bertz CT molecular complexity index is 448. The molecule has 1 aliphatic rings. The number of nitrogens with one attached hydrogen (secondary N) is 1. The summed E-state index contributed by atoms with van der Waals surface area (Å²) in [6.45, 7) is 0.865. The third kappa shape index (κ3) is 3.61. The van der Waals surface area contributed by atoms with Gasteiger partial charge in [0.25, 0.3) is 5.69 Å². The first-order valence-corrected chi connectivity index (χ1v) is 7.51. The third-order valence-corrected chi connectivity index (χ3v) is 4.28. The maximum absolute atomic E-state index is 11.0. The summed E-state index contributed by atoms with van der Waals surface area (Å²) < 4.78 is 5.56. The Labute approximate surface area is 116 Å². The topological polar surface area (TPSA) is 64.4 Å². The Kier molecular flexibility index (Phi) is 5.04. The molecule has 1 saturated heterocycles. The molecule has 0 aromatic heterocycles. The van der Waals surface area contributed by atoms with Crippen LogP contribution in [0.25, 0.3) is 0 Å². The van der Waals surface area contributed by atoms with Crippen molar-refractivity contribution in [2.24, 2.45) is 0 Å². The summed E-state index contributed by atoms with van der Waals surface area (Å²) in [7, 11) is 1.72. The lowest BCUT2D eigenvalue weighted by molar-refractivity contribution is -0.384. The number of hydrogen-bond acceptors (Lipinski definition) is 5. The first-order chi connectivity index (χ1) is 9.22. The van der Waals surface area contributed by atoms with E-state index in [9.17, 15) is 10.1 Å². The van der Waals surface area contributed by atoms with Crippen LogP contribution in [0.15, 0.2) is 18.2 Å². The van der Waals surface area contributed by atoms with Gasteiger partial charge in [0.2, 0.25) is 0 Å². The second-order valence-corrected chi connectivity index (χ2v) is 5.50. The van der Waals surface area contributed by atoms with E-state index in [0.717, 1.165) is 36.5 Å². The summed E-state index contributed by atoms with van der Waals surface area (Å²) in [6.07, 6.45) is 2.62. The number of benzene rings is 1. The summed E-state index contributed by atoms with van der Waals surface area (Å²) in [6, 6.07) is 5.20. The molecule has 19 heavy (non-hydrogen) atoms. The number of para-hydroxylation sites is 1. The van der Waals surface area contributed by atoms with Crippen molar-refractivity contribution in [3.8, 4) is 0 Å². The molecule has 0 radical (unpaired) electrons. The quantitative estimate of drug-likeness (QED) is 0.641. The SMILES string of the molecule is CNc1c(CSCC2CCCO2)cccc1[N+](=O)[O-]. The van der Waals surface area contributed by atoms with Gasteiger partial charge < -0.3 is 10.1 Å². The molecule has 0 aliphatic carbocycles. The van der Waals surface area contributed by atoms with E-state index < -0.39 is 0 Å². The highest BCUT2D eigenvalue weighted by atomic mass is 32.2. The van der Waals surface area contributed by atoms with Crippen LogP contribution in [0, 0.1) is 10.1 Å². The van der Waals surface area contributed by atoms with E-state index in [1.54, 1.807) is 24.9 Å². The highest BCUT2D eigenvalue weighted by molar-refractivity contribution is 7.98. The van der Waals surface area contributed by atoms with Gasteiger partial charge in [-0.15, -0.1) is 0 Å². The van der Waals surface area contributed by atoms with E-state index in [1.165, 1.54) is 6.07 Å². The third-order valence-electron chi connectivity index (χ3n) is 3.16. The van der Waals surface area contributed by atoms with Crippen LogP contribution < -0.4 is 5.32 Å². The predicted octanol–water partition coefficient (Wildman–Crippen LogP) is 3.05. The van der Waals surface area contributed by atoms with Crippen LogP contribution >= 0.6 is 11.8 Å². The minimum absolute atomic E-state index is 0.137. The molecule has 1 aromatic rings. The molecule has 1 fully saturated rings. The molecule has 0 bridgehead atoms. The van der Waals surface area contributed by atoms with Crippen molar-refractivity contribution >= 4 is 23.1 Å². The summed E-state index contributed by atoms with van der Waals surface area (Å²) >= 11 is 1.77. The molecule has 1 heterocycles. The van der Waals surface area contributed by atoms with E-state index in [0.29, 0.717) is 11.8 Å². The van der Waals surface area contributed by atoms with Crippen LogP contribution in [0.1, 0.15) is 18.4 Å². The second-order valence-electron chi connectivity index (χ2n) is 4.47. The van der Waals surface area contributed by atoms with E-state index in [2.05, 4.69) is 5.32 Å². The molecule has 5 nitrogen and oxygen atoms in total. The van der Waals surface area contributed by atoms with Crippen molar-refractivity contribution in [3.63, 3.8) is 0 Å². The fraction of sp³-hybridized carbons (Fsp3) is 0.538. The van der Waals surface area contributed by atoms with Gasteiger partial charge in [-0.3, -0.25) is 10.1 Å². The zero-order chi connectivity index (χ0) is 13.7. The van der Waals surface area contributed by atoms with Gasteiger partial charge in [-0.25, -0.2) is 0 Å². The number of hydrogen-bond donors (Lipinski definition) is 1. The van der Waals surface area contributed by atoms with Crippen LogP contribution in [-0.2, 0) is 10.5 Å². The lowest BCUT2D eigenvalue weighted by Crippen LogP contribution is -2.08. The van der Waals surface area contributed by atoms with Gasteiger partial charge in [-0.2, -0.15) is 11.8 Å². The monoisotopic (exact) mass is 282 g/mol. The predicted molar refractivity (Wildman–Crippen MR) is 77.8 cm³/mol. The minimum Gasteiger partial charge on any atom is -0.382 e. The van der Waals surface area contributed by atoms with Gasteiger partial charge in [0.05, 0.1) is 11.0 Å². The fourth-order valence-electron chi connectivity index (χ4n) is 2.22. The number of nitro groups is 1. The van der Waals surface area contributed by atoms with Gasteiger partial charge in [0, 0.05) is 31.2 Å². The van der Waals surface area contributed by atoms with Crippen LogP contribution in [0.2, 0.25) is 0 Å². The average molecular weight is 282 g/mol. The molecule has 0 amide bonds. The summed E-state index contributed by atoms with van der Waals surface area (Å²) in [4.78, 5) is 10.6. The average Bonchev–Trinajstić information content (AvgIpc) is 2.91. The molecule has 104 valence electrons. The van der Waals surface area contributed by atoms with Gasteiger partial charge in [-0.1, -0.05) is 12.1 Å². The van der Waals surface area contributed by atoms with Gasteiger partial charge >= 0.3 is 0 Å². The van der Waals surface area contributed by atoms with Crippen LogP contribution in [0.5, 0.6) is 0 Å². The van der Waals surface area contributed by atoms with Crippen molar-refractivity contribution in [1.82, 2.24) is 0 Å². The number of thioether (sulfide) groups is 1. The van der Waals surface area contributed by atoms with E-state index in [1.807, 2.05) is 6.07 Å². The number of nitrogens with zero attached hydrogens (tertiary/aromatic N) is 1.